The van der Waals surface area contributed by atoms with E-state index in [1.807, 2.05) is 12.1 Å². The van der Waals surface area contributed by atoms with Gasteiger partial charge in [0.25, 0.3) is 0 Å². The average Bonchev–Trinajstić information content (AvgIpc) is 2.74. The van der Waals surface area contributed by atoms with Gasteiger partial charge in [0.2, 0.25) is 6.41 Å². The maximum atomic E-state index is 11.2. The lowest BCUT2D eigenvalue weighted by Gasteiger charge is -2.35. The third kappa shape index (κ3) is 5.87. The van der Waals surface area contributed by atoms with E-state index in [9.17, 15) is 10.0 Å². The van der Waals surface area contributed by atoms with Crippen LogP contribution in [0.15, 0.2) is 30.6 Å². The SMILES string of the molecule is O=CN(O)C(CSN1CCN(c2cc(Cl)ncn2)CC1)c1ccc(CCl)c(Cl)c1. The Kier molecular flexibility index (Phi) is 8.23. The number of nitrogens with zero attached hydrogens (tertiary/aromatic N) is 5. The second-order valence-corrected chi connectivity index (χ2v) is 8.57. The van der Waals surface area contributed by atoms with Crippen LogP contribution in [0.5, 0.6) is 0 Å². The van der Waals surface area contributed by atoms with E-state index in [1.165, 1.54) is 6.33 Å². The Morgan fingerprint density at radius 1 is 1.21 bits per heavy atom. The van der Waals surface area contributed by atoms with Crippen LogP contribution in [0.4, 0.5) is 5.82 Å². The van der Waals surface area contributed by atoms with Gasteiger partial charge in [-0.1, -0.05) is 47.3 Å². The molecule has 1 unspecified atom stereocenters. The van der Waals surface area contributed by atoms with E-state index >= 15 is 0 Å². The van der Waals surface area contributed by atoms with Crippen LogP contribution in [-0.4, -0.2) is 62.9 Å². The molecule has 0 aliphatic carbocycles. The first-order valence-corrected chi connectivity index (χ1v) is 11.1. The third-order valence-electron chi connectivity index (χ3n) is 4.63. The predicted octanol–water partition coefficient (Wildman–Crippen LogP) is 3.88. The van der Waals surface area contributed by atoms with Crippen molar-refractivity contribution in [2.24, 2.45) is 0 Å². The van der Waals surface area contributed by atoms with E-state index in [-0.39, 0.29) is 0 Å². The number of piperazine rings is 1. The van der Waals surface area contributed by atoms with Crippen molar-refractivity contribution >= 4 is 59.0 Å². The van der Waals surface area contributed by atoms with Crippen molar-refractivity contribution in [1.29, 1.82) is 0 Å². The maximum Gasteiger partial charge on any atom is 0.233 e. The summed E-state index contributed by atoms with van der Waals surface area (Å²) in [5.74, 6) is 1.60. The van der Waals surface area contributed by atoms with Crippen molar-refractivity contribution in [2.45, 2.75) is 11.9 Å². The van der Waals surface area contributed by atoms with Gasteiger partial charge in [0.05, 0.1) is 6.04 Å². The summed E-state index contributed by atoms with van der Waals surface area (Å²) in [7, 11) is 0. The van der Waals surface area contributed by atoms with Crippen molar-refractivity contribution in [1.82, 2.24) is 19.3 Å². The third-order valence-corrected chi connectivity index (χ3v) is 6.67. The number of anilines is 1. The summed E-state index contributed by atoms with van der Waals surface area (Å²) in [5, 5.41) is 11.7. The first-order valence-electron chi connectivity index (χ1n) is 8.89. The van der Waals surface area contributed by atoms with Crippen LogP contribution in [0, 0.1) is 0 Å². The number of aromatic nitrogens is 2. The number of amides is 1. The second-order valence-electron chi connectivity index (χ2n) is 6.40. The Morgan fingerprint density at radius 3 is 2.59 bits per heavy atom. The van der Waals surface area contributed by atoms with Gasteiger partial charge >= 0.3 is 0 Å². The van der Waals surface area contributed by atoms with Gasteiger partial charge in [0, 0.05) is 48.9 Å². The molecule has 1 atom stereocenters. The Balaban J connectivity index is 1.59. The van der Waals surface area contributed by atoms with E-state index in [1.54, 1.807) is 24.1 Å². The minimum atomic E-state index is -0.516. The van der Waals surface area contributed by atoms with Crippen LogP contribution in [0.25, 0.3) is 0 Å². The zero-order chi connectivity index (χ0) is 20.8. The lowest BCUT2D eigenvalue weighted by molar-refractivity contribution is -0.158. The molecule has 11 heteroatoms. The summed E-state index contributed by atoms with van der Waals surface area (Å²) in [6.45, 7) is 3.19. The number of hydroxylamine groups is 2. The molecule has 2 heterocycles. The molecule has 1 aromatic heterocycles. The van der Waals surface area contributed by atoms with Gasteiger partial charge in [0.1, 0.15) is 17.3 Å². The Morgan fingerprint density at radius 2 is 1.97 bits per heavy atom. The molecular formula is C18H20Cl3N5O2S. The molecule has 1 aromatic carbocycles. The fraction of sp³-hybridized carbons (Fsp3) is 0.389. The van der Waals surface area contributed by atoms with Gasteiger partial charge in [0.15, 0.2) is 0 Å². The van der Waals surface area contributed by atoms with Crippen LogP contribution in [-0.2, 0) is 10.7 Å². The van der Waals surface area contributed by atoms with Crippen LogP contribution in [0.1, 0.15) is 17.2 Å². The van der Waals surface area contributed by atoms with Crippen molar-refractivity contribution in [3.8, 4) is 0 Å². The Hall–Kier alpha value is -1.29. The average molecular weight is 477 g/mol. The van der Waals surface area contributed by atoms with Crippen molar-refractivity contribution in [2.75, 3.05) is 36.8 Å². The van der Waals surface area contributed by atoms with Crippen LogP contribution in [0.2, 0.25) is 10.2 Å². The van der Waals surface area contributed by atoms with Crippen LogP contribution >= 0.6 is 46.8 Å². The quantitative estimate of drug-likeness (QED) is 0.155. The Bertz CT molecular complexity index is 839. The molecule has 1 N–H and O–H groups in total. The fourth-order valence-electron chi connectivity index (χ4n) is 3.00. The lowest BCUT2D eigenvalue weighted by Crippen LogP contribution is -2.44. The molecule has 156 valence electrons. The molecule has 1 aliphatic heterocycles. The zero-order valence-electron chi connectivity index (χ0n) is 15.4. The first-order chi connectivity index (χ1) is 14.0. The van der Waals surface area contributed by atoms with Gasteiger partial charge in [-0.25, -0.2) is 19.3 Å². The molecule has 29 heavy (non-hydrogen) atoms. The number of carbonyl (C=O) groups excluding carboxylic acids is 1. The summed E-state index contributed by atoms with van der Waals surface area (Å²) in [5.41, 5.74) is 1.56. The number of alkyl halides is 1. The summed E-state index contributed by atoms with van der Waals surface area (Å²) in [6.07, 6.45) is 1.87. The lowest BCUT2D eigenvalue weighted by atomic mass is 10.1. The highest BCUT2D eigenvalue weighted by Gasteiger charge is 2.23. The molecule has 0 spiro atoms. The normalized spacial score (nSPS) is 15.9. The van der Waals surface area contributed by atoms with E-state index in [4.69, 9.17) is 34.8 Å². The van der Waals surface area contributed by atoms with Crippen molar-refractivity contribution in [3.05, 3.63) is 51.9 Å². The highest BCUT2D eigenvalue weighted by Crippen LogP contribution is 2.30. The highest BCUT2D eigenvalue weighted by atomic mass is 35.5. The van der Waals surface area contributed by atoms with E-state index < -0.39 is 6.04 Å². The topological polar surface area (TPSA) is 72.8 Å². The largest absolute Gasteiger partial charge is 0.354 e. The molecular weight excluding hydrogens is 457 g/mol. The van der Waals surface area contributed by atoms with Gasteiger partial charge < -0.3 is 4.90 Å². The summed E-state index contributed by atoms with van der Waals surface area (Å²) < 4.78 is 2.21. The van der Waals surface area contributed by atoms with Crippen molar-refractivity contribution in [3.63, 3.8) is 0 Å². The molecule has 0 radical (unpaired) electrons. The van der Waals surface area contributed by atoms with Crippen LogP contribution in [0.3, 0.4) is 0 Å². The molecule has 1 amide bonds. The molecule has 2 aromatic rings. The number of hydrogen-bond acceptors (Lipinski definition) is 7. The first kappa shape index (κ1) is 22.4. The van der Waals surface area contributed by atoms with E-state index in [2.05, 4.69) is 19.2 Å². The summed E-state index contributed by atoms with van der Waals surface area (Å²) in [6, 6.07) is 6.62. The van der Waals surface area contributed by atoms with E-state index in [0.29, 0.717) is 33.3 Å². The molecule has 1 fully saturated rings. The second kappa shape index (κ2) is 10.7. The number of hydrogen-bond donors (Lipinski definition) is 1. The molecule has 3 rings (SSSR count). The molecule has 0 bridgehead atoms. The van der Waals surface area contributed by atoms with Gasteiger partial charge in [-0.05, 0) is 17.2 Å². The van der Waals surface area contributed by atoms with Gasteiger partial charge in [-0.3, -0.25) is 10.0 Å². The number of rotatable bonds is 8. The molecule has 1 saturated heterocycles. The number of benzene rings is 1. The molecule has 7 nitrogen and oxygen atoms in total. The van der Waals surface area contributed by atoms with Gasteiger partial charge in [-0.2, -0.15) is 0 Å². The maximum absolute atomic E-state index is 11.2. The fourth-order valence-corrected chi connectivity index (χ4v) is 4.81. The number of halogens is 3. The minimum absolute atomic E-state index is 0.302. The van der Waals surface area contributed by atoms with Crippen LogP contribution < -0.4 is 4.90 Å². The molecule has 1 aliphatic rings. The van der Waals surface area contributed by atoms with Crippen molar-refractivity contribution < 1.29 is 10.0 Å². The van der Waals surface area contributed by atoms with Gasteiger partial charge in [-0.15, -0.1) is 11.6 Å². The monoisotopic (exact) mass is 475 g/mol. The minimum Gasteiger partial charge on any atom is -0.354 e. The standard InChI is InChI=1S/C18H20Cl3N5O2S/c19-9-14-2-1-13(7-15(14)20)16(26(28)12-27)10-29-25-5-3-24(4-6-25)18-8-17(21)22-11-23-18/h1-2,7-8,11-12,16,28H,3-6,9-10H2. The molecule has 0 saturated carbocycles. The summed E-state index contributed by atoms with van der Waals surface area (Å²) in [4.78, 5) is 21.5. The smallest absolute Gasteiger partial charge is 0.233 e. The highest BCUT2D eigenvalue weighted by molar-refractivity contribution is 7.97. The summed E-state index contributed by atoms with van der Waals surface area (Å²) >= 11 is 19.6. The van der Waals surface area contributed by atoms with E-state index in [0.717, 1.165) is 43.1 Å². The Labute approximate surface area is 188 Å². The zero-order valence-corrected chi connectivity index (χ0v) is 18.5. The predicted molar refractivity (Wildman–Crippen MR) is 117 cm³/mol. The number of carbonyl (C=O) groups is 1.